The average Bonchev–Trinajstić information content (AvgIpc) is 2.33. The number of esters is 1. The Kier molecular flexibility index (Phi) is 7.36. The first-order chi connectivity index (χ1) is 7.97. The fraction of sp³-hybridized carbons (Fsp3) is 0.700. The zero-order valence-corrected chi connectivity index (χ0v) is 11.1. The largest absolute Gasteiger partial charge is 0.464 e. The lowest BCUT2D eigenvalue weighted by Crippen LogP contribution is -2.50. The van der Waals surface area contributed by atoms with Crippen LogP contribution in [0.15, 0.2) is 0 Å². The van der Waals surface area contributed by atoms with Gasteiger partial charge in [-0.25, -0.2) is 4.79 Å². The Morgan fingerprint density at radius 3 is 2.53 bits per heavy atom. The van der Waals surface area contributed by atoms with Gasteiger partial charge in [0.05, 0.1) is 6.61 Å². The molecule has 0 aliphatic heterocycles. The van der Waals surface area contributed by atoms with Crippen LogP contribution in [0.25, 0.3) is 0 Å². The molecule has 6 nitrogen and oxygen atoms in total. The number of ether oxygens (including phenoxy) is 1. The molecule has 1 N–H and O–H groups in total. The van der Waals surface area contributed by atoms with E-state index in [-0.39, 0.29) is 12.4 Å². The van der Waals surface area contributed by atoms with Crippen LogP contribution in [0, 0.1) is 0 Å². The topological polar surface area (TPSA) is 75.7 Å². The van der Waals surface area contributed by atoms with Gasteiger partial charge < -0.3 is 15.0 Å². The molecule has 0 aromatic carbocycles. The molecule has 0 fully saturated rings. The predicted molar refractivity (Wildman–Crippen MR) is 65.7 cm³/mol. The molecule has 0 saturated heterocycles. The fourth-order valence-corrected chi connectivity index (χ4v) is 1.23. The van der Waals surface area contributed by atoms with Gasteiger partial charge in [0.15, 0.2) is 0 Å². The molecule has 2 unspecified atom stereocenters. The molecule has 0 rings (SSSR count). The quantitative estimate of drug-likeness (QED) is 0.366. The van der Waals surface area contributed by atoms with E-state index >= 15 is 0 Å². The highest BCUT2D eigenvalue weighted by atomic mass is 32.1. The summed E-state index contributed by atoms with van der Waals surface area (Å²) < 4.78 is 4.78. The number of thiol groups is 1. The number of nitrogens with zero attached hydrogens (tertiary/aromatic N) is 1. The highest BCUT2D eigenvalue weighted by Crippen LogP contribution is 1.97. The van der Waals surface area contributed by atoms with Gasteiger partial charge in [0.2, 0.25) is 12.3 Å². The third-order valence-corrected chi connectivity index (χ3v) is 2.59. The monoisotopic (exact) mass is 262 g/mol. The van der Waals surface area contributed by atoms with E-state index in [4.69, 9.17) is 4.74 Å². The summed E-state index contributed by atoms with van der Waals surface area (Å²) >= 11 is 3.97. The highest BCUT2D eigenvalue weighted by Gasteiger charge is 2.24. The van der Waals surface area contributed by atoms with Crippen LogP contribution >= 0.6 is 12.6 Å². The summed E-state index contributed by atoms with van der Waals surface area (Å²) in [6, 6.07) is -1.45. The fourth-order valence-electron chi connectivity index (χ4n) is 0.991. The second-order valence-electron chi connectivity index (χ2n) is 3.44. The Bertz CT molecular complexity index is 285. The Balaban J connectivity index is 4.42. The lowest BCUT2D eigenvalue weighted by atomic mass is 10.2. The SMILES string of the molecule is CCOC(=O)C(CS)NC(=O)C(C)N(C)C=O. The van der Waals surface area contributed by atoms with Crippen LogP contribution in [0.5, 0.6) is 0 Å². The molecule has 0 heterocycles. The van der Waals surface area contributed by atoms with Crippen LogP contribution < -0.4 is 5.32 Å². The van der Waals surface area contributed by atoms with Crippen molar-refractivity contribution in [3.05, 3.63) is 0 Å². The first kappa shape index (κ1) is 15.8. The van der Waals surface area contributed by atoms with Gasteiger partial charge >= 0.3 is 5.97 Å². The summed E-state index contributed by atoms with van der Waals surface area (Å²) in [5.41, 5.74) is 0. The molecule has 98 valence electrons. The van der Waals surface area contributed by atoms with E-state index < -0.39 is 24.0 Å². The van der Waals surface area contributed by atoms with Crippen molar-refractivity contribution in [2.24, 2.45) is 0 Å². The number of carbonyl (C=O) groups excluding carboxylic acids is 3. The molecule has 0 saturated carbocycles. The summed E-state index contributed by atoms with van der Waals surface area (Å²) in [4.78, 5) is 34.8. The minimum absolute atomic E-state index is 0.141. The van der Waals surface area contributed by atoms with Crippen molar-refractivity contribution in [2.45, 2.75) is 25.9 Å². The molecule has 7 heteroatoms. The van der Waals surface area contributed by atoms with Gasteiger partial charge in [0.25, 0.3) is 0 Å². The van der Waals surface area contributed by atoms with E-state index in [0.29, 0.717) is 6.41 Å². The molecule has 0 bridgehead atoms. The van der Waals surface area contributed by atoms with E-state index in [0.717, 1.165) is 0 Å². The van der Waals surface area contributed by atoms with Gasteiger partial charge in [-0.05, 0) is 13.8 Å². The Morgan fingerprint density at radius 2 is 2.12 bits per heavy atom. The molecule has 2 atom stereocenters. The van der Waals surface area contributed by atoms with Gasteiger partial charge in [0, 0.05) is 12.8 Å². The molecule has 0 spiro atoms. The molecule has 0 aromatic rings. The molecule has 0 radical (unpaired) electrons. The van der Waals surface area contributed by atoms with Crippen LogP contribution in [0.3, 0.4) is 0 Å². The van der Waals surface area contributed by atoms with Crippen LogP contribution in [0.4, 0.5) is 0 Å². The molecule has 2 amide bonds. The maximum absolute atomic E-state index is 11.7. The second-order valence-corrected chi connectivity index (χ2v) is 3.81. The molecule has 0 aromatic heterocycles. The number of hydrogen-bond acceptors (Lipinski definition) is 5. The first-order valence-corrected chi connectivity index (χ1v) is 5.86. The van der Waals surface area contributed by atoms with Crippen molar-refractivity contribution in [3.63, 3.8) is 0 Å². The van der Waals surface area contributed by atoms with E-state index in [2.05, 4.69) is 17.9 Å². The van der Waals surface area contributed by atoms with Crippen molar-refractivity contribution in [3.8, 4) is 0 Å². The smallest absolute Gasteiger partial charge is 0.329 e. The number of nitrogens with one attached hydrogen (secondary N) is 1. The maximum Gasteiger partial charge on any atom is 0.329 e. The van der Waals surface area contributed by atoms with Crippen LogP contribution in [0.2, 0.25) is 0 Å². The van der Waals surface area contributed by atoms with E-state index in [1.165, 1.54) is 11.9 Å². The molecule has 0 aliphatic rings. The van der Waals surface area contributed by atoms with Crippen molar-refractivity contribution < 1.29 is 19.1 Å². The number of likely N-dealkylation sites (N-methyl/N-ethyl adjacent to an activating group) is 1. The minimum Gasteiger partial charge on any atom is -0.464 e. The third-order valence-electron chi connectivity index (χ3n) is 2.23. The average molecular weight is 262 g/mol. The van der Waals surface area contributed by atoms with Crippen molar-refractivity contribution in [2.75, 3.05) is 19.4 Å². The maximum atomic E-state index is 11.7. The molecule has 0 aliphatic carbocycles. The highest BCUT2D eigenvalue weighted by molar-refractivity contribution is 7.80. The Hall–Kier alpha value is -1.24. The summed E-state index contributed by atoms with van der Waals surface area (Å²) in [5.74, 6) is -0.814. The van der Waals surface area contributed by atoms with Gasteiger partial charge in [0.1, 0.15) is 12.1 Å². The van der Waals surface area contributed by atoms with Crippen LogP contribution in [0.1, 0.15) is 13.8 Å². The normalized spacial score (nSPS) is 13.4. The zero-order valence-electron chi connectivity index (χ0n) is 10.2. The summed E-state index contributed by atoms with van der Waals surface area (Å²) in [7, 11) is 1.48. The third kappa shape index (κ3) is 5.08. The van der Waals surface area contributed by atoms with Crippen molar-refractivity contribution in [1.82, 2.24) is 10.2 Å². The predicted octanol–water partition coefficient (Wildman–Crippen LogP) is -0.559. The van der Waals surface area contributed by atoms with Gasteiger partial charge in [-0.15, -0.1) is 0 Å². The summed E-state index contributed by atoms with van der Waals surface area (Å²) in [6.45, 7) is 3.48. The lowest BCUT2D eigenvalue weighted by Gasteiger charge is -2.22. The van der Waals surface area contributed by atoms with E-state index in [1.54, 1.807) is 13.8 Å². The zero-order chi connectivity index (χ0) is 13.4. The van der Waals surface area contributed by atoms with Crippen molar-refractivity contribution >= 4 is 30.9 Å². The van der Waals surface area contributed by atoms with Gasteiger partial charge in [-0.1, -0.05) is 0 Å². The number of carbonyl (C=O) groups is 3. The minimum atomic E-state index is -0.798. The van der Waals surface area contributed by atoms with Crippen LogP contribution in [-0.2, 0) is 19.1 Å². The standard InChI is InChI=1S/C10H18N2O4S/c1-4-16-10(15)8(5-17)11-9(14)7(2)12(3)6-13/h6-8,17H,4-5H2,1-3H3,(H,11,14). The second kappa shape index (κ2) is 7.94. The molecular formula is C10H18N2O4S. The molecular weight excluding hydrogens is 244 g/mol. The summed E-state index contributed by atoms with van der Waals surface area (Å²) in [5, 5.41) is 2.48. The number of rotatable bonds is 7. The van der Waals surface area contributed by atoms with Crippen molar-refractivity contribution in [1.29, 1.82) is 0 Å². The lowest BCUT2D eigenvalue weighted by molar-refractivity contribution is -0.147. The molecule has 17 heavy (non-hydrogen) atoms. The van der Waals surface area contributed by atoms with Crippen LogP contribution in [-0.4, -0.2) is 54.7 Å². The van der Waals surface area contributed by atoms with Gasteiger partial charge in [-0.3, -0.25) is 9.59 Å². The summed E-state index contributed by atoms with van der Waals surface area (Å²) in [6.07, 6.45) is 0.546. The van der Waals surface area contributed by atoms with Gasteiger partial charge in [-0.2, -0.15) is 12.6 Å². The van der Waals surface area contributed by atoms with E-state index in [9.17, 15) is 14.4 Å². The Labute approximate surface area is 106 Å². The number of amides is 2. The Morgan fingerprint density at radius 1 is 1.53 bits per heavy atom. The number of hydrogen-bond donors (Lipinski definition) is 2. The van der Waals surface area contributed by atoms with E-state index in [1.807, 2.05) is 0 Å². The first-order valence-electron chi connectivity index (χ1n) is 5.23.